The number of nitrogen functional groups attached to an aromatic ring is 2. The zero-order valence-corrected chi connectivity index (χ0v) is 14.9. The largest absolute Gasteiger partial charge is 0.398 e. The summed E-state index contributed by atoms with van der Waals surface area (Å²) in [5.41, 5.74) is 12.9. The number of rotatable bonds is 7. The summed E-state index contributed by atoms with van der Waals surface area (Å²) in [6.45, 7) is 0. The highest BCUT2D eigenvalue weighted by Crippen LogP contribution is 2.28. The van der Waals surface area contributed by atoms with E-state index < -0.39 is 0 Å². The van der Waals surface area contributed by atoms with Crippen LogP contribution in [0.4, 0.5) is 11.4 Å². The minimum Gasteiger partial charge on any atom is -0.398 e. The molecule has 0 fully saturated rings. The van der Waals surface area contributed by atoms with Gasteiger partial charge in [-0.1, -0.05) is 24.3 Å². The third kappa shape index (κ3) is 5.94. The van der Waals surface area contributed by atoms with Crippen molar-refractivity contribution < 1.29 is 9.59 Å². The molecule has 126 valence electrons. The molecule has 0 saturated heterocycles. The van der Waals surface area contributed by atoms with E-state index in [0.29, 0.717) is 37.1 Å². The summed E-state index contributed by atoms with van der Waals surface area (Å²) in [4.78, 5) is 25.5. The van der Waals surface area contributed by atoms with Crippen molar-refractivity contribution >= 4 is 45.1 Å². The van der Waals surface area contributed by atoms with E-state index in [1.165, 1.54) is 0 Å². The maximum Gasteiger partial charge on any atom is 0.193 e. The Hall–Kier alpha value is -1.92. The Bertz CT molecular complexity index is 658. The molecule has 2 aromatic rings. The van der Waals surface area contributed by atoms with Crippen molar-refractivity contribution in [3.63, 3.8) is 0 Å². The van der Waals surface area contributed by atoms with E-state index in [-0.39, 0.29) is 10.2 Å². The SMILES string of the molecule is Nc1ccccc1SC(=O)CCCCC(=O)Sc1ccccc1N. The molecule has 6 heteroatoms. The van der Waals surface area contributed by atoms with E-state index >= 15 is 0 Å². The summed E-state index contributed by atoms with van der Waals surface area (Å²) >= 11 is 2.33. The molecule has 2 aromatic carbocycles. The lowest BCUT2D eigenvalue weighted by atomic mass is 10.2. The number of unbranched alkanes of at least 4 members (excludes halogenated alkanes) is 1. The third-order valence-corrected chi connectivity index (χ3v) is 5.34. The van der Waals surface area contributed by atoms with E-state index in [1.54, 1.807) is 12.1 Å². The standard InChI is InChI=1S/C18H20N2O2S2/c19-13-7-1-3-9-15(13)23-17(21)11-5-6-12-18(22)24-16-10-4-2-8-14(16)20/h1-4,7-10H,5-6,11-12,19-20H2. The van der Waals surface area contributed by atoms with Gasteiger partial charge in [0.1, 0.15) is 0 Å². The van der Waals surface area contributed by atoms with Gasteiger partial charge in [0.2, 0.25) is 0 Å². The van der Waals surface area contributed by atoms with Crippen LogP contribution >= 0.6 is 23.5 Å². The van der Waals surface area contributed by atoms with E-state index in [1.807, 2.05) is 36.4 Å². The molecular weight excluding hydrogens is 340 g/mol. The van der Waals surface area contributed by atoms with Crippen molar-refractivity contribution in [1.29, 1.82) is 0 Å². The summed E-state index contributed by atoms with van der Waals surface area (Å²) in [6.07, 6.45) is 2.25. The fraction of sp³-hybridized carbons (Fsp3) is 0.222. The number of para-hydroxylation sites is 2. The normalized spacial score (nSPS) is 10.5. The molecule has 0 bridgehead atoms. The Balaban J connectivity index is 1.67. The highest BCUT2D eigenvalue weighted by atomic mass is 32.2. The number of nitrogens with two attached hydrogens (primary N) is 2. The number of thioether (sulfide) groups is 2. The lowest BCUT2D eigenvalue weighted by molar-refractivity contribution is -0.112. The first-order chi connectivity index (χ1) is 11.6. The number of hydrogen-bond donors (Lipinski definition) is 2. The second-order valence-corrected chi connectivity index (χ2v) is 7.43. The van der Waals surface area contributed by atoms with Crippen molar-refractivity contribution in [1.82, 2.24) is 0 Å². The fourth-order valence-electron chi connectivity index (χ4n) is 2.03. The van der Waals surface area contributed by atoms with Crippen molar-refractivity contribution in [2.75, 3.05) is 11.5 Å². The summed E-state index contributed by atoms with van der Waals surface area (Å²) in [7, 11) is 0. The number of anilines is 2. The minimum atomic E-state index is 0.0697. The molecule has 4 N–H and O–H groups in total. The smallest absolute Gasteiger partial charge is 0.193 e. The first-order valence-electron chi connectivity index (χ1n) is 7.66. The Labute approximate surface area is 150 Å². The molecule has 24 heavy (non-hydrogen) atoms. The summed E-state index contributed by atoms with van der Waals surface area (Å²) < 4.78 is 0. The minimum absolute atomic E-state index is 0.0697. The third-order valence-electron chi connectivity index (χ3n) is 3.30. The number of hydrogen-bond acceptors (Lipinski definition) is 6. The first kappa shape index (κ1) is 18.4. The zero-order chi connectivity index (χ0) is 17.4. The molecule has 0 atom stereocenters. The average molecular weight is 361 g/mol. The Kier molecular flexibility index (Phi) is 7.21. The van der Waals surface area contributed by atoms with Crippen LogP contribution in [-0.4, -0.2) is 10.2 Å². The van der Waals surface area contributed by atoms with Gasteiger partial charge in [0, 0.05) is 34.0 Å². The second-order valence-electron chi connectivity index (χ2n) is 5.23. The molecule has 4 nitrogen and oxygen atoms in total. The van der Waals surface area contributed by atoms with Gasteiger partial charge in [-0.3, -0.25) is 9.59 Å². The van der Waals surface area contributed by atoms with Gasteiger partial charge in [0.15, 0.2) is 10.2 Å². The van der Waals surface area contributed by atoms with Crippen LogP contribution in [0, 0.1) is 0 Å². The average Bonchev–Trinajstić information content (AvgIpc) is 2.56. The molecule has 0 radical (unpaired) electrons. The Morgan fingerprint density at radius 2 is 1.08 bits per heavy atom. The quantitative estimate of drug-likeness (QED) is 0.434. The lowest BCUT2D eigenvalue weighted by Crippen LogP contribution is -1.97. The molecule has 0 aliphatic heterocycles. The predicted molar refractivity (Wildman–Crippen MR) is 102 cm³/mol. The molecule has 0 aliphatic carbocycles. The van der Waals surface area contributed by atoms with Crippen LogP contribution in [0.5, 0.6) is 0 Å². The van der Waals surface area contributed by atoms with Gasteiger partial charge in [0.05, 0.1) is 0 Å². The van der Waals surface area contributed by atoms with Crippen molar-refractivity contribution in [3.8, 4) is 0 Å². The highest BCUT2D eigenvalue weighted by molar-refractivity contribution is 8.14. The summed E-state index contributed by atoms with van der Waals surface area (Å²) in [5, 5.41) is 0.139. The maximum atomic E-state index is 11.9. The highest BCUT2D eigenvalue weighted by Gasteiger charge is 2.10. The zero-order valence-electron chi connectivity index (χ0n) is 13.2. The van der Waals surface area contributed by atoms with E-state index in [9.17, 15) is 9.59 Å². The molecule has 0 spiro atoms. The van der Waals surface area contributed by atoms with Gasteiger partial charge >= 0.3 is 0 Å². The van der Waals surface area contributed by atoms with Gasteiger partial charge in [-0.15, -0.1) is 0 Å². The summed E-state index contributed by atoms with van der Waals surface area (Å²) in [5.74, 6) is 0. The second kappa shape index (κ2) is 9.39. The van der Waals surface area contributed by atoms with Crippen molar-refractivity contribution in [3.05, 3.63) is 48.5 Å². The van der Waals surface area contributed by atoms with E-state index in [4.69, 9.17) is 11.5 Å². The van der Waals surface area contributed by atoms with Gasteiger partial charge in [0.25, 0.3) is 0 Å². The summed E-state index contributed by atoms with van der Waals surface area (Å²) in [6, 6.07) is 14.6. The van der Waals surface area contributed by atoms with Gasteiger partial charge in [-0.25, -0.2) is 0 Å². The lowest BCUT2D eigenvalue weighted by Gasteiger charge is -2.05. The van der Waals surface area contributed by atoms with Crippen molar-refractivity contribution in [2.24, 2.45) is 0 Å². The molecular formula is C18H20N2O2S2. The van der Waals surface area contributed by atoms with Crippen LogP contribution in [0.25, 0.3) is 0 Å². The van der Waals surface area contributed by atoms with Crippen LogP contribution in [0.2, 0.25) is 0 Å². The first-order valence-corrected chi connectivity index (χ1v) is 9.30. The Morgan fingerprint density at radius 3 is 1.46 bits per heavy atom. The van der Waals surface area contributed by atoms with Crippen LogP contribution in [0.3, 0.4) is 0 Å². The van der Waals surface area contributed by atoms with Crippen LogP contribution in [0.15, 0.2) is 58.3 Å². The number of benzene rings is 2. The van der Waals surface area contributed by atoms with Crippen molar-refractivity contribution in [2.45, 2.75) is 35.5 Å². The van der Waals surface area contributed by atoms with Gasteiger partial charge in [-0.2, -0.15) is 0 Å². The molecule has 0 aliphatic rings. The predicted octanol–water partition coefficient (Wildman–Crippen LogP) is 4.35. The molecule has 0 saturated carbocycles. The van der Waals surface area contributed by atoms with Crippen LogP contribution in [-0.2, 0) is 9.59 Å². The number of carbonyl (C=O) groups excluding carboxylic acids is 2. The van der Waals surface area contributed by atoms with Crippen LogP contribution in [0.1, 0.15) is 25.7 Å². The molecule has 2 rings (SSSR count). The fourth-order valence-corrected chi connectivity index (χ4v) is 3.68. The molecule has 0 heterocycles. The topological polar surface area (TPSA) is 86.2 Å². The van der Waals surface area contributed by atoms with Gasteiger partial charge < -0.3 is 11.5 Å². The van der Waals surface area contributed by atoms with E-state index in [0.717, 1.165) is 33.3 Å². The number of carbonyl (C=O) groups is 2. The monoisotopic (exact) mass is 360 g/mol. The van der Waals surface area contributed by atoms with E-state index in [2.05, 4.69) is 0 Å². The molecule has 0 aromatic heterocycles. The molecule has 0 unspecified atom stereocenters. The maximum absolute atomic E-state index is 11.9. The van der Waals surface area contributed by atoms with Gasteiger partial charge in [-0.05, 0) is 60.6 Å². The molecule has 0 amide bonds. The van der Waals surface area contributed by atoms with Crippen LogP contribution < -0.4 is 11.5 Å². The Morgan fingerprint density at radius 1 is 0.708 bits per heavy atom.